The minimum Gasteiger partial charge on any atom is -0.478 e. The number of hydrogen-bond donors (Lipinski definition) is 3. The van der Waals surface area contributed by atoms with Gasteiger partial charge in [0.25, 0.3) is 5.56 Å². The summed E-state index contributed by atoms with van der Waals surface area (Å²) in [5, 5.41) is 24.7. The largest absolute Gasteiger partial charge is 0.478 e. The Morgan fingerprint density at radius 1 is 1.07 bits per heavy atom. The van der Waals surface area contributed by atoms with Gasteiger partial charge >= 0.3 is 5.97 Å². The van der Waals surface area contributed by atoms with Gasteiger partial charge < -0.3 is 5.11 Å². The van der Waals surface area contributed by atoms with Crippen LogP contribution in [-0.2, 0) is 10.0 Å². The second kappa shape index (κ2) is 7.21. The highest BCUT2D eigenvalue weighted by Gasteiger charge is 2.13. The number of aromatic nitrogens is 2. The van der Waals surface area contributed by atoms with Crippen LogP contribution in [0.4, 0.5) is 11.4 Å². The number of aromatic carboxylic acids is 1. The van der Waals surface area contributed by atoms with E-state index >= 15 is 0 Å². The molecule has 0 atom stereocenters. The van der Waals surface area contributed by atoms with Crippen molar-refractivity contribution in [1.82, 2.24) is 9.78 Å². The fourth-order valence-electron chi connectivity index (χ4n) is 2.40. The van der Waals surface area contributed by atoms with Crippen LogP contribution in [0, 0.1) is 6.92 Å². The summed E-state index contributed by atoms with van der Waals surface area (Å²) in [6, 6.07) is 11.2. The summed E-state index contributed by atoms with van der Waals surface area (Å²) in [5.74, 6) is -1.05. The number of aryl methyl sites for hydroxylation is 1. The van der Waals surface area contributed by atoms with E-state index in [0.29, 0.717) is 17.1 Å². The van der Waals surface area contributed by atoms with Gasteiger partial charge in [-0.15, -0.1) is 5.11 Å². The Kier molecular flexibility index (Phi) is 4.94. The zero-order valence-electron chi connectivity index (χ0n) is 14.5. The molecule has 0 radical (unpaired) electrons. The Morgan fingerprint density at radius 3 is 2.21 bits per heavy atom. The Morgan fingerprint density at radius 2 is 1.68 bits per heavy atom. The monoisotopic (exact) mass is 401 g/mol. The molecule has 0 aliphatic heterocycles. The first-order valence-electron chi connectivity index (χ1n) is 7.87. The maximum Gasteiger partial charge on any atom is 0.335 e. The number of carbonyl (C=O) groups is 1. The highest BCUT2D eigenvalue weighted by atomic mass is 32.2. The number of nitrogens with one attached hydrogen (secondary N) is 1. The third-order valence-electron chi connectivity index (χ3n) is 3.84. The molecule has 4 N–H and O–H groups in total. The number of rotatable bonds is 5. The first-order chi connectivity index (χ1) is 13.2. The molecule has 0 fully saturated rings. The Balaban J connectivity index is 1.91. The lowest BCUT2D eigenvalue weighted by Crippen LogP contribution is -2.15. The number of nitrogens with two attached hydrogens (primary N) is 1. The van der Waals surface area contributed by atoms with Gasteiger partial charge in [0.2, 0.25) is 10.0 Å². The van der Waals surface area contributed by atoms with E-state index in [2.05, 4.69) is 15.3 Å². The molecule has 1 aromatic heterocycles. The van der Waals surface area contributed by atoms with Crippen molar-refractivity contribution in [1.29, 1.82) is 0 Å². The Hall–Kier alpha value is -3.57. The number of carboxylic acid groups (broad SMARTS) is 1. The van der Waals surface area contributed by atoms with Crippen LogP contribution in [0.5, 0.6) is 0 Å². The molecule has 0 spiro atoms. The van der Waals surface area contributed by atoms with Gasteiger partial charge in [0.1, 0.15) is 0 Å². The molecule has 0 saturated heterocycles. The molecule has 0 unspecified atom stereocenters. The van der Waals surface area contributed by atoms with Crippen LogP contribution in [0.15, 0.2) is 68.4 Å². The first-order valence-corrected chi connectivity index (χ1v) is 9.41. The van der Waals surface area contributed by atoms with E-state index in [4.69, 9.17) is 10.2 Å². The molecule has 1 heterocycles. The highest BCUT2D eigenvalue weighted by Crippen LogP contribution is 2.20. The fourth-order valence-corrected chi connectivity index (χ4v) is 2.92. The van der Waals surface area contributed by atoms with Gasteiger partial charge in [-0.2, -0.15) is 5.11 Å². The fraction of sp³-hybridized carbons (Fsp3) is 0.0588. The van der Waals surface area contributed by atoms with Crippen LogP contribution >= 0.6 is 0 Å². The third-order valence-corrected chi connectivity index (χ3v) is 4.77. The standard InChI is InChI=1S/C17H15N5O5S/c1-10-15(20-19-12-4-2-11(3-5-12)17(24)25)16(23)22(21-10)13-6-8-14(9-7-13)28(18,26)27/h2-9,21H,1H3,(H,24,25)(H2,18,26,27). The van der Waals surface area contributed by atoms with Crippen LogP contribution < -0.4 is 10.7 Å². The number of H-pyrrole nitrogens is 1. The van der Waals surface area contributed by atoms with E-state index in [9.17, 15) is 18.0 Å². The molecule has 0 aliphatic rings. The maximum atomic E-state index is 12.6. The first kappa shape index (κ1) is 19.2. The molecule has 3 aromatic rings. The molecule has 3 rings (SSSR count). The summed E-state index contributed by atoms with van der Waals surface area (Å²) >= 11 is 0. The summed E-state index contributed by atoms with van der Waals surface area (Å²) in [4.78, 5) is 23.4. The summed E-state index contributed by atoms with van der Waals surface area (Å²) in [7, 11) is -3.83. The minimum atomic E-state index is -3.83. The van der Waals surface area contributed by atoms with Gasteiger partial charge in [0.15, 0.2) is 5.69 Å². The van der Waals surface area contributed by atoms with E-state index in [-0.39, 0.29) is 16.1 Å². The van der Waals surface area contributed by atoms with Gasteiger partial charge in [-0.05, 0) is 55.5 Å². The normalized spacial score (nSPS) is 11.8. The van der Waals surface area contributed by atoms with Gasteiger partial charge in [0.05, 0.1) is 27.5 Å². The Bertz CT molecular complexity index is 1220. The number of sulfonamides is 1. The molecule has 10 nitrogen and oxygen atoms in total. The summed E-state index contributed by atoms with van der Waals surface area (Å²) in [5.41, 5.74) is 0.930. The van der Waals surface area contributed by atoms with Gasteiger partial charge in [-0.3, -0.25) is 9.89 Å². The molecule has 0 aliphatic carbocycles. The Labute approximate surface area is 159 Å². The van der Waals surface area contributed by atoms with Crippen molar-refractivity contribution >= 4 is 27.4 Å². The lowest BCUT2D eigenvalue weighted by atomic mass is 10.2. The molecule has 144 valence electrons. The molecule has 0 amide bonds. The average molecular weight is 401 g/mol. The molecular formula is C17H15N5O5S. The topological polar surface area (TPSA) is 160 Å². The van der Waals surface area contributed by atoms with E-state index in [0.717, 1.165) is 0 Å². The van der Waals surface area contributed by atoms with Gasteiger partial charge in [-0.25, -0.2) is 23.0 Å². The predicted molar refractivity (Wildman–Crippen MR) is 100 cm³/mol. The predicted octanol–water partition coefficient (Wildman–Crippen LogP) is 2.24. The van der Waals surface area contributed by atoms with E-state index in [1.165, 1.54) is 53.2 Å². The molecule has 0 bridgehead atoms. The molecule has 2 aromatic carbocycles. The second-order valence-corrected chi connectivity index (χ2v) is 7.38. The number of azo groups is 1. The number of carboxylic acids is 1. The number of aromatic amines is 1. The molecule has 28 heavy (non-hydrogen) atoms. The second-order valence-electron chi connectivity index (χ2n) is 5.82. The number of hydrogen-bond acceptors (Lipinski definition) is 6. The summed E-state index contributed by atoms with van der Waals surface area (Å²) < 4.78 is 23.8. The third kappa shape index (κ3) is 3.89. The van der Waals surface area contributed by atoms with Crippen molar-refractivity contribution in [3.63, 3.8) is 0 Å². The van der Waals surface area contributed by atoms with E-state index in [1.54, 1.807) is 6.92 Å². The zero-order chi connectivity index (χ0) is 20.5. The van der Waals surface area contributed by atoms with Gasteiger partial charge in [0, 0.05) is 0 Å². The SMILES string of the molecule is Cc1[nH]n(-c2ccc(S(N)(=O)=O)cc2)c(=O)c1N=Nc1ccc(C(=O)O)cc1. The number of primary sulfonamides is 1. The van der Waals surface area contributed by atoms with Crippen molar-refractivity contribution in [3.05, 3.63) is 70.1 Å². The smallest absolute Gasteiger partial charge is 0.335 e. The lowest BCUT2D eigenvalue weighted by molar-refractivity contribution is 0.0697. The van der Waals surface area contributed by atoms with Crippen LogP contribution in [0.2, 0.25) is 0 Å². The average Bonchev–Trinajstić information content (AvgIpc) is 2.93. The van der Waals surface area contributed by atoms with Crippen molar-refractivity contribution < 1.29 is 18.3 Å². The highest BCUT2D eigenvalue weighted by molar-refractivity contribution is 7.89. The van der Waals surface area contributed by atoms with Crippen molar-refractivity contribution in [2.24, 2.45) is 15.4 Å². The molecule has 0 saturated carbocycles. The van der Waals surface area contributed by atoms with Crippen molar-refractivity contribution in [2.45, 2.75) is 11.8 Å². The zero-order valence-corrected chi connectivity index (χ0v) is 15.3. The number of nitrogens with zero attached hydrogens (tertiary/aromatic N) is 3. The van der Waals surface area contributed by atoms with Crippen LogP contribution in [0.3, 0.4) is 0 Å². The molecule has 11 heteroatoms. The van der Waals surface area contributed by atoms with Crippen LogP contribution in [-0.4, -0.2) is 29.3 Å². The minimum absolute atomic E-state index is 0.0674. The summed E-state index contributed by atoms with van der Waals surface area (Å²) in [6.07, 6.45) is 0. The van der Waals surface area contributed by atoms with Crippen molar-refractivity contribution in [2.75, 3.05) is 0 Å². The maximum absolute atomic E-state index is 12.6. The molecular weight excluding hydrogens is 386 g/mol. The van der Waals surface area contributed by atoms with Gasteiger partial charge in [-0.1, -0.05) is 0 Å². The van der Waals surface area contributed by atoms with E-state index in [1.807, 2.05) is 0 Å². The quantitative estimate of drug-likeness (QED) is 0.558. The summed E-state index contributed by atoms with van der Waals surface area (Å²) in [6.45, 7) is 1.64. The van der Waals surface area contributed by atoms with Crippen LogP contribution in [0.25, 0.3) is 5.69 Å². The van der Waals surface area contributed by atoms with Crippen LogP contribution in [0.1, 0.15) is 16.1 Å². The van der Waals surface area contributed by atoms with E-state index < -0.39 is 21.6 Å². The lowest BCUT2D eigenvalue weighted by Gasteiger charge is -2.02. The number of benzene rings is 2. The van der Waals surface area contributed by atoms with Crippen molar-refractivity contribution in [3.8, 4) is 5.69 Å².